The minimum Gasteiger partial charge on any atom is -0.358 e. The number of amides is 1. The first-order valence-corrected chi connectivity index (χ1v) is 8.90. The van der Waals surface area contributed by atoms with Gasteiger partial charge in [0.05, 0.1) is 0 Å². The van der Waals surface area contributed by atoms with Gasteiger partial charge in [0.1, 0.15) is 5.69 Å². The quantitative estimate of drug-likeness (QED) is 0.591. The smallest absolute Gasteiger partial charge is 0.268 e. The maximum atomic E-state index is 12.0. The molecule has 1 aliphatic rings. The van der Waals surface area contributed by atoms with E-state index in [4.69, 9.17) is 0 Å². The lowest BCUT2D eigenvalue weighted by atomic mass is 10.0. The van der Waals surface area contributed by atoms with E-state index in [0.29, 0.717) is 12.2 Å². The van der Waals surface area contributed by atoms with E-state index in [1.807, 2.05) is 12.3 Å². The Labute approximate surface area is 147 Å². The molecule has 0 fully saturated rings. The van der Waals surface area contributed by atoms with Gasteiger partial charge in [-0.3, -0.25) is 4.79 Å². The van der Waals surface area contributed by atoms with Gasteiger partial charge in [-0.15, -0.1) is 0 Å². The standard InChI is InChI=1S/C20H24N4O/c1-12-3-4-18-16(11-12)14(13(2)24-18)5-8-21-17-7-10-23-20(25)19-15(17)6-9-22-19/h3-4,6,9,11,17,21-22,24H,5,7-8,10H2,1-2H3,(H,23,25). The van der Waals surface area contributed by atoms with Crippen molar-refractivity contribution in [2.75, 3.05) is 13.1 Å². The summed E-state index contributed by atoms with van der Waals surface area (Å²) in [6.07, 6.45) is 3.71. The fourth-order valence-electron chi connectivity index (χ4n) is 3.84. The molecule has 5 heteroatoms. The summed E-state index contributed by atoms with van der Waals surface area (Å²) in [5.41, 5.74) is 6.86. The van der Waals surface area contributed by atoms with E-state index in [1.54, 1.807) is 0 Å². The molecule has 2 aromatic heterocycles. The number of hydrogen-bond donors (Lipinski definition) is 4. The summed E-state index contributed by atoms with van der Waals surface area (Å²) >= 11 is 0. The van der Waals surface area contributed by atoms with Gasteiger partial charge in [-0.25, -0.2) is 0 Å². The van der Waals surface area contributed by atoms with Gasteiger partial charge in [0, 0.05) is 35.4 Å². The summed E-state index contributed by atoms with van der Waals surface area (Å²) in [6, 6.07) is 8.77. The molecule has 3 aromatic rings. The molecule has 25 heavy (non-hydrogen) atoms. The highest BCUT2D eigenvalue weighted by Gasteiger charge is 2.23. The van der Waals surface area contributed by atoms with Crippen molar-refractivity contribution in [3.05, 3.63) is 58.5 Å². The number of aromatic amines is 2. The van der Waals surface area contributed by atoms with Crippen LogP contribution in [0.3, 0.4) is 0 Å². The molecule has 4 rings (SSSR count). The van der Waals surface area contributed by atoms with Gasteiger partial charge in [0.2, 0.25) is 0 Å². The van der Waals surface area contributed by atoms with Crippen LogP contribution in [0.4, 0.5) is 0 Å². The first-order valence-electron chi connectivity index (χ1n) is 8.90. The van der Waals surface area contributed by atoms with E-state index < -0.39 is 0 Å². The third-order valence-corrected chi connectivity index (χ3v) is 5.14. The van der Waals surface area contributed by atoms with Crippen LogP contribution in [0.1, 0.15) is 45.3 Å². The van der Waals surface area contributed by atoms with Gasteiger partial charge in [0.25, 0.3) is 5.91 Å². The van der Waals surface area contributed by atoms with Crippen LogP contribution in [-0.4, -0.2) is 29.0 Å². The third-order valence-electron chi connectivity index (χ3n) is 5.14. The molecular weight excluding hydrogens is 312 g/mol. The number of rotatable bonds is 4. The molecule has 1 atom stereocenters. The Morgan fingerprint density at radius 3 is 3.00 bits per heavy atom. The molecule has 0 saturated carbocycles. The SMILES string of the molecule is Cc1ccc2[nH]c(C)c(CCNC3CCNC(=O)c4[nH]ccc43)c2c1. The average molecular weight is 336 g/mol. The number of hydrogen-bond acceptors (Lipinski definition) is 2. The van der Waals surface area contributed by atoms with E-state index in [2.05, 4.69) is 52.6 Å². The summed E-state index contributed by atoms with van der Waals surface area (Å²) in [7, 11) is 0. The molecule has 1 aromatic carbocycles. The number of benzene rings is 1. The lowest BCUT2D eigenvalue weighted by molar-refractivity contribution is 0.0951. The first-order chi connectivity index (χ1) is 12.1. The van der Waals surface area contributed by atoms with Crippen LogP contribution in [0.15, 0.2) is 30.5 Å². The van der Waals surface area contributed by atoms with Crippen molar-refractivity contribution in [1.82, 2.24) is 20.6 Å². The predicted octanol–water partition coefficient (Wildman–Crippen LogP) is 3.12. The van der Waals surface area contributed by atoms with Crippen LogP contribution < -0.4 is 10.6 Å². The number of nitrogens with one attached hydrogen (secondary N) is 4. The molecule has 0 aliphatic carbocycles. The maximum absolute atomic E-state index is 12.0. The summed E-state index contributed by atoms with van der Waals surface area (Å²) in [4.78, 5) is 18.6. The Morgan fingerprint density at radius 1 is 1.24 bits per heavy atom. The van der Waals surface area contributed by atoms with Crippen molar-refractivity contribution >= 4 is 16.8 Å². The zero-order valence-corrected chi connectivity index (χ0v) is 14.7. The predicted molar refractivity (Wildman–Crippen MR) is 100.0 cm³/mol. The Bertz CT molecular complexity index is 921. The number of H-pyrrole nitrogens is 2. The summed E-state index contributed by atoms with van der Waals surface area (Å²) in [6.45, 7) is 5.85. The van der Waals surface area contributed by atoms with Crippen LogP contribution in [0, 0.1) is 13.8 Å². The van der Waals surface area contributed by atoms with Crippen LogP contribution in [-0.2, 0) is 6.42 Å². The first kappa shape index (κ1) is 16.0. The summed E-state index contributed by atoms with van der Waals surface area (Å²) < 4.78 is 0. The van der Waals surface area contributed by atoms with E-state index in [9.17, 15) is 4.79 Å². The lowest BCUT2D eigenvalue weighted by Gasteiger charge is -2.16. The molecule has 0 saturated heterocycles. The Hall–Kier alpha value is -2.53. The molecule has 0 radical (unpaired) electrons. The van der Waals surface area contributed by atoms with E-state index >= 15 is 0 Å². The summed E-state index contributed by atoms with van der Waals surface area (Å²) in [5.74, 6) is -0.00718. The third kappa shape index (κ3) is 2.96. The van der Waals surface area contributed by atoms with Crippen LogP contribution >= 0.6 is 0 Å². The molecule has 1 unspecified atom stereocenters. The zero-order chi connectivity index (χ0) is 17.4. The maximum Gasteiger partial charge on any atom is 0.268 e. The van der Waals surface area contributed by atoms with Gasteiger partial charge in [0.15, 0.2) is 0 Å². The highest BCUT2D eigenvalue weighted by Crippen LogP contribution is 2.25. The lowest BCUT2D eigenvalue weighted by Crippen LogP contribution is -2.25. The van der Waals surface area contributed by atoms with Gasteiger partial charge in [-0.2, -0.15) is 0 Å². The molecule has 130 valence electrons. The summed E-state index contributed by atoms with van der Waals surface area (Å²) in [5, 5.41) is 7.91. The largest absolute Gasteiger partial charge is 0.358 e. The van der Waals surface area contributed by atoms with Crippen molar-refractivity contribution < 1.29 is 4.79 Å². The minimum atomic E-state index is -0.00718. The average Bonchev–Trinajstić information content (AvgIpc) is 3.15. The Balaban J connectivity index is 1.50. The topological polar surface area (TPSA) is 72.7 Å². The van der Waals surface area contributed by atoms with Crippen molar-refractivity contribution in [3.63, 3.8) is 0 Å². The molecule has 5 nitrogen and oxygen atoms in total. The Kier molecular flexibility index (Phi) is 4.09. The van der Waals surface area contributed by atoms with Crippen molar-refractivity contribution in [2.24, 2.45) is 0 Å². The van der Waals surface area contributed by atoms with E-state index in [-0.39, 0.29) is 11.9 Å². The molecular formula is C20H24N4O. The second kappa shape index (κ2) is 6.41. The van der Waals surface area contributed by atoms with Gasteiger partial charge < -0.3 is 20.6 Å². The van der Waals surface area contributed by atoms with E-state index in [1.165, 1.54) is 27.7 Å². The van der Waals surface area contributed by atoms with Crippen LogP contribution in [0.25, 0.3) is 10.9 Å². The normalized spacial score (nSPS) is 17.4. The highest BCUT2D eigenvalue weighted by atomic mass is 16.1. The van der Waals surface area contributed by atoms with Crippen LogP contribution in [0.2, 0.25) is 0 Å². The molecule has 0 bridgehead atoms. The number of fused-ring (bicyclic) bond motifs is 2. The molecule has 0 spiro atoms. The molecule has 4 N–H and O–H groups in total. The highest BCUT2D eigenvalue weighted by molar-refractivity contribution is 5.94. The van der Waals surface area contributed by atoms with Crippen LogP contribution in [0.5, 0.6) is 0 Å². The van der Waals surface area contributed by atoms with Crippen molar-refractivity contribution in [2.45, 2.75) is 32.7 Å². The number of carbonyl (C=O) groups excluding carboxylic acids is 1. The molecule has 1 aliphatic heterocycles. The van der Waals surface area contributed by atoms with Crippen molar-refractivity contribution in [3.8, 4) is 0 Å². The molecule has 3 heterocycles. The second-order valence-corrected chi connectivity index (χ2v) is 6.89. The minimum absolute atomic E-state index is 0.00718. The molecule has 1 amide bonds. The van der Waals surface area contributed by atoms with Crippen molar-refractivity contribution in [1.29, 1.82) is 0 Å². The van der Waals surface area contributed by atoms with Gasteiger partial charge in [-0.1, -0.05) is 11.6 Å². The zero-order valence-electron chi connectivity index (χ0n) is 14.7. The number of carbonyl (C=O) groups is 1. The van der Waals surface area contributed by atoms with E-state index in [0.717, 1.165) is 24.9 Å². The Morgan fingerprint density at radius 2 is 2.12 bits per heavy atom. The van der Waals surface area contributed by atoms with Gasteiger partial charge in [-0.05, 0) is 62.6 Å². The monoisotopic (exact) mass is 336 g/mol. The number of aryl methyl sites for hydroxylation is 2. The number of aromatic nitrogens is 2. The fourth-order valence-corrected chi connectivity index (χ4v) is 3.84. The van der Waals surface area contributed by atoms with Gasteiger partial charge >= 0.3 is 0 Å². The fraction of sp³-hybridized carbons (Fsp3) is 0.350. The second-order valence-electron chi connectivity index (χ2n) is 6.89.